The summed E-state index contributed by atoms with van der Waals surface area (Å²) in [7, 11) is 1.70. The molecule has 0 fully saturated rings. The van der Waals surface area contributed by atoms with Crippen molar-refractivity contribution in [2.75, 3.05) is 12.0 Å². The molecule has 3 nitrogen and oxygen atoms in total. The van der Waals surface area contributed by atoms with E-state index in [1.807, 2.05) is 49.4 Å². The van der Waals surface area contributed by atoms with Gasteiger partial charge >= 0.3 is 0 Å². The van der Waals surface area contributed by atoms with Crippen LogP contribution in [0.15, 0.2) is 91.0 Å². The first-order valence-electron chi connectivity index (χ1n) is 12.0. The second-order valence-corrected chi connectivity index (χ2v) is 9.14. The zero-order valence-electron chi connectivity index (χ0n) is 20.4. The molecule has 0 saturated heterocycles. The van der Waals surface area contributed by atoms with Gasteiger partial charge in [0.2, 0.25) is 0 Å². The van der Waals surface area contributed by atoms with Crippen LogP contribution in [-0.4, -0.2) is 7.11 Å². The van der Waals surface area contributed by atoms with Gasteiger partial charge in [0.1, 0.15) is 23.9 Å². The predicted molar refractivity (Wildman–Crippen MR) is 139 cm³/mol. The van der Waals surface area contributed by atoms with Crippen molar-refractivity contribution in [3.05, 3.63) is 125 Å². The third-order valence-electron chi connectivity index (χ3n) is 6.92. The lowest BCUT2D eigenvalue weighted by Gasteiger charge is -2.44. The van der Waals surface area contributed by atoms with Crippen LogP contribution >= 0.6 is 0 Å². The van der Waals surface area contributed by atoms with Crippen LogP contribution < -0.4 is 14.4 Å². The average molecular weight is 468 g/mol. The molecule has 4 aromatic rings. The van der Waals surface area contributed by atoms with Crippen LogP contribution in [0.25, 0.3) is 0 Å². The molecule has 2 atom stereocenters. The molecule has 0 radical (unpaired) electrons. The van der Waals surface area contributed by atoms with Crippen molar-refractivity contribution in [3.63, 3.8) is 0 Å². The summed E-state index contributed by atoms with van der Waals surface area (Å²) in [5, 5.41) is 0. The topological polar surface area (TPSA) is 21.7 Å². The Kier molecular flexibility index (Phi) is 6.45. The summed E-state index contributed by atoms with van der Waals surface area (Å²) < 4.78 is 25.5. The first kappa shape index (κ1) is 23.0. The molecule has 0 aromatic heterocycles. The number of hydrogen-bond acceptors (Lipinski definition) is 3. The van der Waals surface area contributed by atoms with Crippen molar-refractivity contribution in [3.8, 4) is 11.5 Å². The summed E-state index contributed by atoms with van der Waals surface area (Å²) in [4.78, 5) is 2.42. The van der Waals surface area contributed by atoms with Crippen LogP contribution in [0, 0.1) is 12.7 Å². The van der Waals surface area contributed by atoms with Crippen molar-refractivity contribution in [2.45, 2.75) is 39.0 Å². The van der Waals surface area contributed by atoms with E-state index in [0.29, 0.717) is 6.61 Å². The molecule has 1 heterocycles. The Bertz CT molecular complexity index is 1300. The van der Waals surface area contributed by atoms with Crippen LogP contribution in [0.1, 0.15) is 46.8 Å². The molecule has 4 heteroatoms. The lowest BCUT2D eigenvalue weighted by atomic mass is 9.84. The molecule has 35 heavy (non-hydrogen) atoms. The zero-order chi connectivity index (χ0) is 24.4. The Morgan fingerprint density at radius 1 is 0.886 bits per heavy atom. The van der Waals surface area contributed by atoms with Gasteiger partial charge in [-0.15, -0.1) is 0 Å². The van der Waals surface area contributed by atoms with Gasteiger partial charge in [0.25, 0.3) is 0 Å². The summed E-state index contributed by atoms with van der Waals surface area (Å²) in [5.74, 6) is 1.50. The van der Waals surface area contributed by atoms with Crippen molar-refractivity contribution < 1.29 is 13.9 Å². The quantitative estimate of drug-likeness (QED) is 0.292. The molecular formula is C31H30FNO2. The molecule has 5 rings (SSSR count). The SMILES string of the molecule is COc1ccc2c(c1)CC(c1ccc(OCc3ccccc3)cc1)N(c1ccc(F)cc1C)C2C. The van der Waals surface area contributed by atoms with Gasteiger partial charge in [-0.3, -0.25) is 0 Å². The van der Waals surface area contributed by atoms with Crippen molar-refractivity contribution in [1.29, 1.82) is 0 Å². The van der Waals surface area contributed by atoms with Crippen LogP contribution in [0.3, 0.4) is 0 Å². The Morgan fingerprint density at radius 2 is 1.63 bits per heavy atom. The molecular weight excluding hydrogens is 437 g/mol. The highest BCUT2D eigenvalue weighted by Crippen LogP contribution is 2.45. The molecule has 0 bridgehead atoms. The van der Waals surface area contributed by atoms with Gasteiger partial charge in [-0.25, -0.2) is 4.39 Å². The summed E-state index contributed by atoms with van der Waals surface area (Å²) in [5.41, 5.74) is 6.87. The van der Waals surface area contributed by atoms with Gasteiger partial charge in [0.15, 0.2) is 0 Å². The highest BCUT2D eigenvalue weighted by Gasteiger charge is 2.34. The summed E-state index contributed by atoms with van der Waals surface area (Å²) in [6, 6.07) is 30.1. The number of rotatable bonds is 6. The van der Waals surface area contributed by atoms with Crippen molar-refractivity contribution in [1.82, 2.24) is 0 Å². The van der Waals surface area contributed by atoms with E-state index in [2.05, 4.69) is 48.2 Å². The smallest absolute Gasteiger partial charge is 0.123 e. The van der Waals surface area contributed by atoms with E-state index in [1.165, 1.54) is 16.7 Å². The molecule has 0 spiro atoms. The summed E-state index contributed by atoms with van der Waals surface area (Å²) in [6.07, 6.45) is 0.831. The minimum absolute atomic E-state index is 0.0944. The van der Waals surface area contributed by atoms with Crippen LogP contribution in [0.4, 0.5) is 10.1 Å². The minimum Gasteiger partial charge on any atom is -0.497 e. The highest BCUT2D eigenvalue weighted by atomic mass is 19.1. The number of hydrogen-bond donors (Lipinski definition) is 0. The third-order valence-corrected chi connectivity index (χ3v) is 6.92. The molecule has 1 aliphatic rings. The molecule has 178 valence electrons. The number of fused-ring (bicyclic) bond motifs is 1. The number of benzene rings is 4. The standard InChI is InChI=1S/C31H30FNO2/c1-21-17-26(32)11-16-30(21)33-22(2)29-15-14-28(34-3)18-25(29)19-31(33)24-9-12-27(13-10-24)35-20-23-7-5-4-6-8-23/h4-18,22,31H,19-20H2,1-3H3. The molecule has 0 saturated carbocycles. The Morgan fingerprint density at radius 3 is 2.34 bits per heavy atom. The third kappa shape index (κ3) is 4.74. The van der Waals surface area contributed by atoms with Crippen molar-refractivity contribution in [2.24, 2.45) is 0 Å². The lowest BCUT2D eigenvalue weighted by molar-refractivity contribution is 0.306. The van der Waals surface area contributed by atoms with Gasteiger partial charge in [-0.1, -0.05) is 48.5 Å². The number of nitrogens with zero attached hydrogens (tertiary/aromatic N) is 1. The number of methoxy groups -OCH3 is 1. The van der Waals surface area contributed by atoms with Gasteiger partial charge in [0, 0.05) is 5.69 Å². The molecule has 2 unspecified atom stereocenters. The number of ether oxygens (including phenoxy) is 2. The van der Waals surface area contributed by atoms with E-state index in [-0.39, 0.29) is 17.9 Å². The lowest BCUT2D eigenvalue weighted by Crippen LogP contribution is -2.37. The van der Waals surface area contributed by atoms with Crippen LogP contribution in [0.2, 0.25) is 0 Å². The average Bonchev–Trinajstić information content (AvgIpc) is 2.88. The van der Waals surface area contributed by atoms with E-state index < -0.39 is 0 Å². The Hall–Kier alpha value is -3.79. The maximum absolute atomic E-state index is 13.9. The fourth-order valence-corrected chi connectivity index (χ4v) is 5.11. The second kappa shape index (κ2) is 9.83. The zero-order valence-corrected chi connectivity index (χ0v) is 20.4. The van der Waals surface area contributed by atoms with E-state index in [0.717, 1.165) is 34.7 Å². The fraction of sp³-hybridized carbons (Fsp3) is 0.226. The Balaban J connectivity index is 1.48. The molecule has 1 aliphatic heterocycles. The van der Waals surface area contributed by atoms with Gasteiger partial charge in [0.05, 0.1) is 19.2 Å². The second-order valence-electron chi connectivity index (χ2n) is 9.14. The van der Waals surface area contributed by atoms with E-state index in [1.54, 1.807) is 19.2 Å². The number of halogens is 1. The van der Waals surface area contributed by atoms with E-state index in [9.17, 15) is 4.39 Å². The minimum atomic E-state index is -0.211. The van der Waals surface area contributed by atoms with Gasteiger partial charge in [-0.05, 0) is 90.6 Å². The normalized spacial score (nSPS) is 17.1. The Labute approximate surface area is 206 Å². The largest absolute Gasteiger partial charge is 0.497 e. The van der Waals surface area contributed by atoms with Crippen molar-refractivity contribution >= 4 is 5.69 Å². The molecule has 0 aliphatic carbocycles. The monoisotopic (exact) mass is 467 g/mol. The predicted octanol–water partition coefficient (Wildman–Crippen LogP) is 7.59. The molecule has 0 N–H and O–H groups in total. The van der Waals surface area contributed by atoms with Crippen LogP contribution in [0.5, 0.6) is 11.5 Å². The first-order chi connectivity index (χ1) is 17.0. The number of aryl methyl sites for hydroxylation is 1. The number of anilines is 1. The molecule has 0 amide bonds. The summed E-state index contributed by atoms with van der Waals surface area (Å²) >= 11 is 0. The highest BCUT2D eigenvalue weighted by molar-refractivity contribution is 5.60. The fourth-order valence-electron chi connectivity index (χ4n) is 5.11. The van der Waals surface area contributed by atoms with E-state index in [4.69, 9.17) is 9.47 Å². The maximum atomic E-state index is 13.9. The maximum Gasteiger partial charge on any atom is 0.123 e. The summed E-state index contributed by atoms with van der Waals surface area (Å²) in [6.45, 7) is 4.73. The van der Waals surface area contributed by atoms with Gasteiger partial charge in [-0.2, -0.15) is 0 Å². The van der Waals surface area contributed by atoms with E-state index >= 15 is 0 Å². The van der Waals surface area contributed by atoms with Crippen LogP contribution in [-0.2, 0) is 13.0 Å². The molecule has 4 aromatic carbocycles. The van der Waals surface area contributed by atoms with Gasteiger partial charge < -0.3 is 14.4 Å². The first-order valence-corrected chi connectivity index (χ1v) is 12.0.